The minimum atomic E-state index is 0.0423. The van der Waals surface area contributed by atoms with Gasteiger partial charge in [0.2, 0.25) is 5.91 Å². The molecule has 0 saturated heterocycles. The lowest BCUT2D eigenvalue weighted by molar-refractivity contribution is -0.688. The second kappa shape index (κ2) is 8.90. The van der Waals surface area contributed by atoms with Crippen molar-refractivity contribution in [1.29, 1.82) is 0 Å². The summed E-state index contributed by atoms with van der Waals surface area (Å²) >= 11 is 0. The number of hydrogen-bond donors (Lipinski definition) is 1. The molecule has 0 aliphatic rings. The van der Waals surface area contributed by atoms with E-state index >= 15 is 0 Å². The van der Waals surface area contributed by atoms with Crippen LogP contribution in [0.1, 0.15) is 38.3 Å². The summed E-state index contributed by atoms with van der Waals surface area (Å²) in [6.45, 7) is 8.76. The number of aryl methyl sites for hydroxylation is 1. The lowest BCUT2D eigenvalue weighted by atomic mass is 10.2. The second-order valence-electron chi connectivity index (χ2n) is 4.65. The Kier molecular flexibility index (Phi) is 7.16. The van der Waals surface area contributed by atoms with Crippen molar-refractivity contribution in [3.63, 3.8) is 0 Å². The van der Waals surface area contributed by atoms with Gasteiger partial charge in [0.1, 0.15) is 0 Å². The summed E-state index contributed by atoms with van der Waals surface area (Å²) in [5, 5.41) is 2.84. The molecule has 0 aliphatic carbocycles. The fraction of sp³-hybridized carbons (Fsp3) is 0.333. The van der Waals surface area contributed by atoms with Gasteiger partial charge in [0.25, 0.3) is 0 Å². The molecule has 0 bridgehead atoms. The van der Waals surface area contributed by atoms with Crippen LogP contribution in [0.15, 0.2) is 48.8 Å². The number of anilines is 1. The average Bonchev–Trinajstić information content (AvgIpc) is 2.53. The van der Waals surface area contributed by atoms with E-state index in [2.05, 4.69) is 41.3 Å². The zero-order chi connectivity index (χ0) is 15.7. The van der Waals surface area contributed by atoms with Crippen molar-refractivity contribution in [3.8, 4) is 0 Å². The van der Waals surface area contributed by atoms with Crippen LogP contribution in [0.2, 0.25) is 0 Å². The molecule has 0 radical (unpaired) electrons. The Morgan fingerprint density at radius 3 is 2.14 bits per heavy atom. The molecule has 1 heterocycles. The maximum Gasteiger partial charge on any atom is 0.224 e. The number of amides is 1. The van der Waals surface area contributed by atoms with Crippen molar-refractivity contribution in [3.05, 3.63) is 59.9 Å². The molecule has 0 fully saturated rings. The zero-order valence-electron chi connectivity index (χ0n) is 13.4. The standard InChI is InChI=1S/C16H18N2O.C2H6/c1-3-16(19)17-15-6-4-14(5-7-15)12-18-10-8-13(2)9-11-18;1-2/h4-11H,3,12H2,1-2H3;1-2H3/p+1. The highest BCUT2D eigenvalue weighted by atomic mass is 16.1. The Bertz CT molecular complexity index is 544. The van der Waals surface area contributed by atoms with Crippen molar-refractivity contribution >= 4 is 11.6 Å². The summed E-state index contributed by atoms with van der Waals surface area (Å²) in [6, 6.07) is 12.2. The number of aromatic nitrogens is 1. The van der Waals surface area contributed by atoms with Gasteiger partial charge in [-0.15, -0.1) is 0 Å². The van der Waals surface area contributed by atoms with E-state index in [4.69, 9.17) is 0 Å². The molecule has 0 atom stereocenters. The number of nitrogens with zero attached hydrogens (tertiary/aromatic N) is 1. The molecule has 21 heavy (non-hydrogen) atoms. The molecule has 3 heteroatoms. The number of carbonyl (C=O) groups excluding carboxylic acids is 1. The first kappa shape index (κ1) is 16.9. The van der Waals surface area contributed by atoms with Crippen LogP contribution >= 0.6 is 0 Å². The lowest BCUT2D eigenvalue weighted by Crippen LogP contribution is -2.33. The molecule has 1 amide bonds. The Balaban J connectivity index is 0.00000106. The minimum absolute atomic E-state index is 0.0423. The Hall–Kier alpha value is -2.16. The van der Waals surface area contributed by atoms with Gasteiger partial charge in [-0.05, 0) is 24.6 Å². The molecule has 1 aromatic heterocycles. The van der Waals surface area contributed by atoms with Gasteiger partial charge in [0.15, 0.2) is 18.9 Å². The quantitative estimate of drug-likeness (QED) is 0.854. The predicted octanol–water partition coefficient (Wildman–Crippen LogP) is 3.71. The monoisotopic (exact) mass is 285 g/mol. The Morgan fingerprint density at radius 1 is 1.05 bits per heavy atom. The Labute approximate surface area is 127 Å². The van der Waals surface area contributed by atoms with E-state index in [0.717, 1.165) is 12.2 Å². The fourth-order valence-corrected chi connectivity index (χ4v) is 1.79. The number of pyridine rings is 1. The molecule has 2 rings (SSSR count). The summed E-state index contributed by atoms with van der Waals surface area (Å²) < 4.78 is 2.13. The van der Waals surface area contributed by atoms with Gasteiger partial charge in [-0.3, -0.25) is 4.79 Å². The molecule has 0 aliphatic heterocycles. The van der Waals surface area contributed by atoms with Gasteiger partial charge >= 0.3 is 0 Å². The van der Waals surface area contributed by atoms with Crippen molar-refractivity contribution in [2.24, 2.45) is 0 Å². The third kappa shape index (κ3) is 5.78. The fourth-order valence-electron chi connectivity index (χ4n) is 1.79. The molecular formula is C18H25N2O+. The molecule has 0 unspecified atom stereocenters. The molecule has 3 nitrogen and oxygen atoms in total. The van der Waals surface area contributed by atoms with Crippen LogP contribution in [0.25, 0.3) is 0 Å². The molecule has 2 aromatic rings. The maximum absolute atomic E-state index is 11.3. The smallest absolute Gasteiger partial charge is 0.224 e. The van der Waals surface area contributed by atoms with Crippen LogP contribution < -0.4 is 9.88 Å². The van der Waals surface area contributed by atoms with Crippen LogP contribution in [0.4, 0.5) is 5.69 Å². The van der Waals surface area contributed by atoms with Crippen LogP contribution in [0.3, 0.4) is 0 Å². The maximum atomic E-state index is 11.3. The summed E-state index contributed by atoms with van der Waals surface area (Å²) in [5.41, 5.74) is 3.32. The molecule has 0 saturated carbocycles. The number of hydrogen-bond acceptors (Lipinski definition) is 1. The topological polar surface area (TPSA) is 33.0 Å². The van der Waals surface area contributed by atoms with E-state index in [1.165, 1.54) is 11.1 Å². The molecule has 112 valence electrons. The van der Waals surface area contributed by atoms with Gasteiger partial charge in [-0.25, -0.2) is 4.57 Å². The SMILES string of the molecule is CC.CCC(=O)Nc1ccc(C[n+]2ccc(C)cc2)cc1. The van der Waals surface area contributed by atoms with Gasteiger partial charge in [-0.1, -0.05) is 32.9 Å². The van der Waals surface area contributed by atoms with E-state index in [9.17, 15) is 4.79 Å². The predicted molar refractivity (Wildman–Crippen MR) is 87.2 cm³/mol. The molecule has 0 spiro atoms. The highest BCUT2D eigenvalue weighted by Crippen LogP contribution is 2.09. The molecule has 1 N–H and O–H groups in total. The van der Waals surface area contributed by atoms with E-state index in [0.29, 0.717) is 6.42 Å². The highest BCUT2D eigenvalue weighted by molar-refractivity contribution is 5.90. The van der Waals surface area contributed by atoms with Gasteiger partial charge in [0, 0.05) is 29.8 Å². The third-order valence-electron chi connectivity index (χ3n) is 2.98. The third-order valence-corrected chi connectivity index (χ3v) is 2.98. The minimum Gasteiger partial charge on any atom is -0.326 e. The van der Waals surface area contributed by atoms with Gasteiger partial charge in [0.05, 0.1) is 0 Å². The van der Waals surface area contributed by atoms with Crippen molar-refractivity contribution < 1.29 is 9.36 Å². The lowest BCUT2D eigenvalue weighted by Gasteiger charge is -2.04. The number of rotatable bonds is 4. The van der Waals surface area contributed by atoms with Crippen molar-refractivity contribution in [2.45, 2.75) is 40.7 Å². The summed E-state index contributed by atoms with van der Waals surface area (Å²) in [7, 11) is 0. The van der Waals surface area contributed by atoms with Gasteiger partial charge in [-0.2, -0.15) is 0 Å². The summed E-state index contributed by atoms with van der Waals surface area (Å²) in [5.74, 6) is 0.0423. The summed E-state index contributed by atoms with van der Waals surface area (Å²) in [4.78, 5) is 11.3. The molecular weight excluding hydrogens is 260 g/mol. The first-order valence-electron chi connectivity index (χ1n) is 7.52. The van der Waals surface area contributed by atoms with Gasteiger partial charge < -0.3 is 5.32 Å². The first-order valence-corrected chi connectivity index (χ1v) is 7.52. The number of benzene rings is 1. The number of carbonyl (C=O) groups is 1. The van der Waals surface area contributed by atoms with Crippen LogP contribution in [0, 0.1) is 6.92 Å². The van der Waals surface area contributed by atoms with E-state index in [-0.39, 0.29) is 5.91 Å². The molecule has 1 aromatic carbocycles. The Morgan fingerprint density at radius 2 is 1.62 bits per heavy atom. The number of nitrogens with one attached hydrogen (secondary N) is 1. The summed E-state index contributed by atoms with van der Waals surface area (Å²) in [6.07, 6.45) is 4.64. The first-order chi connectivity index (χ1) is 10.2. The largest absolute Gasteiger partial charge is 0.326 e. The van der Waals surface area contributed by atoms with E-state index in [1.54, 1.807) is 0 Å². The average molecular weight is 285 g/mol. The van der Waals surface area contributed by atoms with Crippen LogP contribution in [0.5, 0.6) is 0 Å². The highest BCUT2D eigenvalue weighted by Gasteiger charge is 2.03. The van der Waals surface area contributed by atoms with Crippen LogP contribution in [-0.2, 0) is 11.3 Å². The normalized spacial score (nSPS) is 9.52. The van der Waals surface area contributed by atoms with Crippen LogP contribution in [-0.4, -0.2) is 5.91 Å². The van der Waals surface area contributed by atoms with E-state index < -0.39 is 0 Å². The van der Waals surface area contributed by atoms with Crippen molar-refractivity contribution in [2.75, 3.05) is 5.32 Å². The second-order valence-corrected chi connectivity index (χ2v) is 4.65. The zero-order valence-corrected chi connectivity index (χ0v) is 13.4. The van der Waals surface area contributed by atoms with E-state index in [1.807, 2.05) is 45.0 Å². The van der Waals surface area contributed by atoms with Crippen molar-refractivity contribution in [1.82, 2.24) is 0 Å².